The van der Waals surface area contributed by atoms with Crippen LogP contribution in [-0.2, 0) is 4.79 Å². The van der Waals surface area contributed by atoms with E-state index in [1.807, 2.05) is 60.7 Å². The van der Waals surface area contributed by atoms with Gasteiger partial charge in [0.2, 0.25) is 0 Å². The molecule has 0 fully saturated rings. The fourth-order valence-electron chi connectivity index (χ4n) is 3.25. The molecule has 0 amide bonds. The molecule has 0 aliphatic carbocycles. The van der Waals surface area contributed by atoms with Crippen LogP contribution in [-0.4, -0.2) is 5.78 Å². The minimum Gasteiger partial charge on any atom is -0.350 e. The third-order valence-corrected chi connectivity index (χ3v) is 5.95. The van der Waals surface area contributed by atoms with Gasteiger partial charge in [0.1, 0.15) is 0 Å². The van der Waals surface area contributed by atoms with Crippen molar-refractivity contribution < 1.29 is 4.79 Å². The fraction of sp³-hybridized carbons (Fsp3) is 0.125. The molecule has 1 aliphatic heterocycles. The Hall–Kier alpha value is -2.78. The van der Waals surface area contributed by atoms with Gasteiger partial charge in [-0.25, -0.2) is 0 Å². The molecule has 3 heteroatoms. The van der Waals surface area contributed by atoms with E-state index in [9.17, 15) is 4.79 Å². The Morgan fingerprint density at radius 2 is 1.48 bits per heavy atom. The van der Waals surface area contributed by atoms with Crippen molar-refractivity contribution >= 4 is 28.8 Å². The number of nitrogens with one attached hydrogen (secondary N) is 1. The molecule has 1 heterocycles. The van der Waals surface area contributed by atoms with Gasteiger partial charge < -0.3 is 5.32 Å². The normalized spacial score (nSPS) is 17.1. The first-order valence-electron chi connectivity index (χ1n) is 9.09. The number of benzene rings is 3. The van der Waals surface area contributed by atoms with Crippen LogP contribution in [0.5, 0.6) is 0 Å². The molecule has 1 N–H and O–H groups in total. The molecule has 0 radical (unpaired) electrons. The zero-order chi connectivity index (χ0) is 18.6. The summed E-state index contributed by atoms with van der Waals surface area (Å²) in [7, 11) is 0. The van der Waals surface area contributed by atoms with Crippen LogP contribution < -0.4 is 5.32 Å². The molecule has 0 unspecified atom stereocenters. The van der Waals surface area contributed by atoms with Crippen LogP contribution in [0.25, 0.3) is 5.57 Å². The van der Waals surface area contributed by atoms with Gasteiger partial charge in [-0.2, -0.15) is 0 Å². The number of hydrogen-bond donors (Lipinski definition) is 1. The average molecular weight is 372 g/mol. The Bertz CT molecular complexity index is 962. The van der Waals surface area contributed by atoms with E-state index < -0.39 is 0 Å². The van der Waals surface area contributed by atoms with Crippen LogP contribution in [0.4, 0.5) is 5.69 Å². The number of rotatable bonds is 4. The first kappa shape index (κ1) is 17.6. The van der Waals surface area contributed by atoms with E-state index in [-0.39, 0.29) is 11.0 Å². The number of para-hydroxylation sites is 1. The Kier molecular flexibility index (Phi) is 5.12. The van der Waals surface area contributed by atoms with Gasteiger partial charge in [-0.15, -0.1) is 0 Å². The highest BCUT2D eigenvalue weighted by Gasteiger charge is 2.30. The van der Waals surface area contributed by atoms with Crippen LogP contribution >= 0.6 is 11.8 Å². The number of carbonyl (C=O) groups excluding carboxylic acids is 1. The van der Waals surface area contributed by atoms with Crippen molar-refractivity contribution in [1.82, 2.24) is 0 Å². The summed E-state index contributed by atoms with van der Waals surface area (Å²) in [5.74, 6) is 0.184. The zero-order valence-corrected chi connectivity index (χ0v) is 16.0. The largest absolute Gasteiger partial charge is 0.350 e. The standard InChI is InChI=1S/C24H21NOS/c1-17-12-14-18(15-13-17)22-16-21(26)23(19-8-4-2-5-9-19)24(27-22)25-20-10-6-3-7-11-20/h2-15,22,25H,16H2,1H3/t22-/m1/s1. The summed E-state index contributed by atoms with van der Waals surface area (Å²) in [5, 5.41) is 4.54. The summed E-state index contributed by atoms with van der Waals surface area (Å²) in [4.78, 5) is 13.1. The Morgan fingerprint density at radius 3 is 2.15 bits per heavy atom. The number of allylic oxidation sites excluding steroid dienone is 1. The second-order valence-corrected chi connectivity index (χ2v) is 7.92. The Balaban J connectivity index is 1.74. The summed E-state index contributed by atoms with van der Waals surface area (Å²) in [6.07, 6.45) is 0.512. The van der Waals surface area contributed by atoms with Gasteiger partial charge >= 0.3 is 0 Å². The number of hydrogen-bond acceptors (Lipinski definition) is 3. The maximum Gasteiger partial charge on any atom is 0.167 e. The summed E-state index contributed by atoms with van der Waals surface area (Å²) in [5.41, 5.74) is 5.17. The zero-order valence-electron chi connectivity index (χ0n) is 15.2. The Morgan fingerprint density at radius 1 is 0.852 bits per heavy atom. The molecule has 134 valence electrons. The maximum atomic E-state index is 13.1. The van der Waals surface area contributed by atoms with Gasteiger partial charge in [-0.3, -0.25) is 4.79 Å². The number of carbonyl (C=O) groups is 1. The maximum absolute atomic E-state index is 13.1. The van der Waals surface area contributed by atoms with E-state index in [0.29, 0.717) is 6.42 Å². The highest BCUT2D eigenvalue weighted by atomic mass is 32.2. The molecule has 0 aromatic heterocycles. The molecular weight excluding hydrogens is 350 g/mol. The third kappa shape index (κ3) is 3.99. The van der Waals surface area contributed by atoms with E-state index in [1.165, 1.54) is 11.1 Å². The van der Waals surface area contributed by atoms with Crippen molar-refractivity contribution in [3.63, 3.8) is 0 Å². The van der Waals surface area contributed by atoms with Crippen LogP contribution in [0.1, 0.15) is 28.4 Å². The first-order chi connectivity index (χ1) is 13.2. The van der Waals surface area contributed by atoms with Crippen molar-refractivity contribution in [2.75, 3.05) is 5.32 Å². The minimum atomic E-state index is 0.122. The van der Waals surface area contributed by atoms with E-state index in [2.05, 4.69) is 36.5 Å². The summed E-state index contributed by atoms with van der Waals surface area (Å²) >= 11 is 1.74. The van der Waals surface area contributed by atoms with Gasteiger partial charge in [0.25, 0.3) is 0 Å². The molecular formula is C24H21NOS. The smallest absolute Gasteiger partial charge is 0.167 e. The quantitative estimate of drug-likeness (QED) is 0.590. The SMILES string of the molecule is Cc1ccc([C@H]2CC(=O)C(c3ccccc3)=C(Nc3ccccc3)S2)cc1. The predicted octanol–water partition coefficient (Wildman–Crippen LogP) is 6.22. The third-order valence-electron chi connectivity index (χ3n) is 4.68. The summed E-state index contributed by atoms with van der Waals surface area (Å²) < 4.78 is 0. The highest BCUT2D eigenvalue weighted by molar-refractivity contribution is 8.03. The van der Waals surface area contributed by atoms with Gasteiger partial charge in [0.05, 0.1) is 10.6 Å². The predicted molar refractivity (Wildman–Crippen MR) is 115 cm³/mol. The van der Waals surface area contributed by atoms with Crippen LogP contribution in [0.2, 0.25) is 0 Å². The van der Waals surface area contributed by atoms with E-state index in [1.54, 1.807) is 11.8 Å². The van der Waals surface area contributed by atoms with Crippen molar-refractivity contribution in [3.8, 4) is 0 Å². The number of Topliss-reactive ketones (excluding diaryl/α,β-unsaturated/α-hetero) is 1. The molecule has 27 heavy (non-hydrogen) atoms. The molecule has 3 aromatic carbocycles. The molecule has 0 saturated carbocycles. The van der Waals surface area contributed by atoms with Gasteiger partial charge in [0.15, 0.2) is 5.78 Å². The molecule has 0 saturated heterocycles. The summed E-state index contributed by atoms with van der Waals surface area (Å²) in [6, 6.07) is 28.5. The van der Waals surface area contributed by atoms with Crippen molar-refractivity contribution in [2.45, 2.75) is 18.6 Å². The highest BCUT2D eigenvalue weighted by Crippen LogP contribution is 2.46. The lowest BCUT2D eigenvalue weighted by Gasteiger charge is -2.27. The van der Waals surface area contributed by atoms with E-state index in [0.717, 1.165) is 21.9 Å². The van der Waals surface area contributed by atoms with Crippen LogP contribution in [0.15, 0.2) is 90.0 Å². The lowest BCUT2D eigenvalue weighted by molar-refractivity contribution is -0.113. The lowest BCUT2D eigenvalue weighted by atomic mass is 9.96. The summed E-state index contributed by atoms with van der Waals surface area (Å²) in [6.45, 7) is 2.08. The molecule has 1 atom stereocenters. The van der Waals surface area contributed by atoms with E-state index in [4.69, 9.17) is 0 Å². The first-order valence-corrected chi connectivity index (χ1v) is 9.97. The molecule has 0 spiro atoms. The fourth-order valence-corrected chi connectivity index (χ4v) is 4.59. The van der Waals surface area contributed by atoms with Crippen molar-refractivity contribution in [2.24, 2.45) is 0 Å². The van der Waals surface area contributed by atoms with Gasteiger partial charge in [0, 0.05) is 17.4 Å². The molecule has 0 bridgehead atoms. The number of anilines is 1. The molecule has 2 nitrogen and oxygen atoms in total. The van der Waals surface area contributed by atoms with Crippen LogP contribution in [0.3, 0.4) is 0 Å². The van der Waals surface area contributed by atoms with Crippen molar-refractivity contribution in [1.29, 1.82) is 0 Å². The van der Waals surface area contributed by atoms with Gasteiger partial charge in [-0.05, 0) is 30.2 Å². The van der Waals surface area contributed by atoms with Gasteiger partial charge in [-0.1, -0.05) is 90.1 Å². The number of ketones is 1. The average Bonchev–Trinajstić information content (AvgIpc) is 2.70. The van der Waals surface area contributed by atoms with E-state index >= 15 is 0 Å². The number of aryl methyl sites for hydroxylation is 1. The topological polar surface area (TPSA) is 29.1 Å². The van der Waals surface area contributed by atoms with Crippen molar-refractivity contribution in [3.05, 3.63) is 107 Å². The minimum absolute atomic E-state index is 0.122. The molecule has 4 rings (SSSR count). The lowest BCUT2D eigenvalue weighted by Crippen LogP contribution is -2.17. The molecule has 1 aliphatic rings. The monoisotopic (exact) mass is 371 g/mol. The van der Waals surface area contributed by atoms with Crippen LogP contribution in [0, 0.1) is 6.92 Å². The second kappa shape index (κ2) is 7.85. The second-order valence-electron chi connectivity index (χ2n) is 6.71. The Labute approximate surface area is 164 Å². The molecule has 3 aromatic rings. The number of thioether (sulfide) groups is 1.